The molecule has 7 nitrogen and oxygen atoms in total. The van der Waals surface area contributed by atoms with Crippen LogP contribution in [-0.4, -0.2) is 94.1 Å². The van der Waals surface area contributed by atoms with Crippen molar-refractivity contribution in [2.45, 2.75) is 32.4 Å². The van der Waals surface area contributed by atoms with Crippen LogP contribution in [0.5, 0.6) is 0 Å². The van der Waals surface area contributed by atoms with E-state index in [2.05, 4.69) is 46.3 Å². The van der Waals surface area contributed by atoms with Crippen LogP contribution in [0.15, 0.2) is 35.3 Å². The van der Waals surface area contributed by atoms with Gasteiger partial charge in [0.15, 0.2) is 5.96 Å². The quantitative estimate of drug-likeness (QED) is 0.466. The zero-order valence-electron chi connectivity index (χ0n) is 19.6. The highest BCUT2D eigenvalue weighted by Gasteiger charge is 2.32. The summed E-state index contributed by atoms with van der Waals surface area (Å²) in [4.78, 5) is 10.1. The van der Waals surface area contributed by atoms with Gasteiger partial charge in [0.2, 0.25) is 0 Å². The van der Waals surface area contributed by atoms with Gasteiger partial charge in [0, 0.05) is 57.2 Å². The van der Waals surface area contributed by atoms with Gasteiger partial charge in [0.25, 0.3) is 0 Å². The first-order valence-electron chi connectivity index (χ1n) is 12.4. The Labute approximate surface area is 193 Å². The average molecular weight is 445 g/mol. The van der Waals surface area contributed by atoms with Gasteiger partial charge in [-0.25, -0.2) is 0 Å². The molecule has 1 aromatic rings. The van der Waals surface area contributed by atoms with Crippen LogP contribution in [-0.2, 0) is 20.8 Å². The minimum atomic E-state index is 0.433. The molecule has 0 spiro atoms. The van der Waals surface area contributed by atoms with Gasteiger partial charge in [-0.3, -0.25) is 9.89 Å². The summed E-state index contributed by atoms with van der Waals surface area (Å²) in [6.07, 6.45) is 2.29. The number of nitrogens with one attached hydrogen (secondary N) is 1. The van der Waals surface area contributed by atoms with Gasteiger partial charge in [0.05, 0.1) is 39.6 Å². The topological polar surface area (TPSA) is 58.6 Å². The first-order valence-corrected chi connectivity index (χ1v) is 12.4. The van der Waals surface area contributed by atoms with Gasteiger partial charge in [-0.1, -0.05) is 30.3 Å². The van der Waals surface area contributed by atoms with Crippen molar-refractivity contribution in [3.8, 4) is 0 Å². The summed E-state index contributed by atoms with van der Waals surface area (Å²) in [7, 11) is 0. The fraction of sp³-hybridized carbons (Fsp3) is 0.720. The molecule has 3 unspecified atom stereocenters. The van der Waals surface area contributed by atoms with E-state index in [9.17, 15) is 0 Å². The first-order chi connectivity index (χ1) is 15.8. The summed E-state index contributed by atoms with van der Waals surface area (Å²) in [6, 6.07) is 10.9. The SMILES string of the molecule is CCNC(=NCC(C1CCOC1)N1CCOCC1)N1CCC(COCc2ccccc2)C1. The van der Waals surface area contributed by atoms with E-state index in [0.29, 0.717) is 24.5 Å². The molecule has 3 atom stereocenters. The number of hydrogen-bond donors (Lipinski definition) is 1. The van der Waals surface area contributed by atoms with Crippen LogP contribution in [0, 0.1) is 11.8 Å². The highest BCUT2D eigenvalue weighted by Crippen LogP contribution is 2.23. The standard InChI is InChI=1S/C25H40N4O3/c1-2-26-25(27-16-24(23-9-13-31-20-23)28-11-14-30-15-12-28)29-10-8-22(17-29)19-32-18-21-6-4-3-5-7-21/h3-7,22-24H,2,8-20H2,1H3,(H,26,27). The van der Waals surface area contributed by atoms with Crippen LogP contribution in [0.1, 0.15) is 25.3 Å². The normalized spacial score (nSPS) is 25.9. The number of likely N-dealkylation sites (tertiary alicyclic amines) is 1. The van der Waals surface area contributed by atoms with Gasteiger partial charge in [0.1, 0.15) is 0 Å². The van der Waals surface area contributed by atoms with E-state index in [1.54, 1.807) is 0 Å². The molecule has 3 heterocycles. The molecule has 178 valence electrons. The maximum Gasteiger partial charge on any atom is 0.193 e. The second kappa shape index (κ2) is 12.5. The van der Waals surface area contributed by atoms with Crippen LogP contribution < -0.4 is 5.32 Å². The molecule has 3 saturated heterocycles. The maximum absolute atomic E-state index is 6.02. The third-order valence-electron chi connectivity index (χ3n) is 6.84. The molecule has 32 heavy (non-hydrogen) atoms. The molecule has 0 amide bonds. The Kier molecular flexibility index (Phi) is 9.20. The van der Waals surface area contributed by atoms with E-state index in [-0.39, 0.29) is 0 Å². The molecule has 0 aromatic heterocycles. The summed E-state index contributed by atoms with van der Waals surface area (Å²) in [5.74, 6) is 2.17. The van der Waals surface area contributed by atoms with Gasteiger partial charge in [-0.15, -0.1) is 0 Å². The zero-order chi connectivity index (χ0) is 22.0. The molecule has 7 heteroatoms. The van der Waals surface area contributed by atoms with Gasteiger partial charge >= 0.3 is 0 Å². The average Bonchev–Trinajstić information content (AvgIpc) is 3.53. The summed E-state index contributed by atoms with van der Waals surface area (Å²) in [6.45, 7) is 12.8. The Morgan fingerprint density at radius 2 is 1.97 bits per heavy atom. The molecule has 1 N–H and O–H groups in total. The highest BCUT2D eigenvalue weighted by molar-refractivity contribution is 5.80. The number of aliphatic imine (C=N–C) groups is 1. The van der Waals surface area contributed by atoms with Crippen molar-refractivity contribution < 1.29 is 14.2 Å². The molecular formula is C25H40N4O3. The van der Waals surface area contributed by atoms with E-state index < -0.39 is 0 Å². The smallest absolute Gasteiger partial charge is 0.193 e. The number of ether oxygens (including phenoxy) is 3. The molecule has 0 bridgehead atoms. The largest absolute Gasteiger partial charge is 0.381 e. The lowest BCUT2D eigenvalue weighted by atomic mass is 9.97. The molecule has 0 saturated carbocycles. The minimum Gasteiger partial charge on any atom is -0.381 e. The van der Waals surface area contributed by atoms with Crippen molar-refractivity contribution in [3.05, 3.63) is 35.9 Å². The summed E-state index contributed by atoms with van der Waals surface area (Å²) < 4.78 is 17.3. The second-order valence-corrected chi connectivity index (χ2v) is 9.14. The van der Waals surface area contributed by atoms with Crippen molar-refractivity contribution in [3.63, 3.8) is 0 Å². The molecule has 1 aromatic carbocycles. The molecule has 4 rings (SSSR count). The molecule has 0 aliphatic carbocycles. The number of guanidine groups is 1. The van der Waals surface area contributed by atoms with Crippen molar-refractivity contribution in [2.75, 3.05) is 72.3 Å². The lowest BCUT2D eigenvalue weighted by molar-refractivity contribution is 0.00364. The summed E-state index contributed by atoms with van der Waals surface area (Å²) >= 11 is 0. The van der Waals surface area contributed by atoms with E-state index in [1.807, 2.05) is 6.07 Å². The van der Waals surface area contributed by atoms with Crippen LogP contribution in [0.4, 0.5) is 0 Å². The fourth-order valence-electron chi connectivity index (χ4n) is 5.01. The van der Waals surface area contributed by atoms with Crippen molar-refractivity contribution in [2.24, 2.45) is 16.8 Å². The lowest BCUT2D eigenvalue weighted by Gasteiger charge is -2.37. The number of rotatable bonds is 9. The molecule has 3 aliphatic heterocycles. The predicted molar refractivity (Wildman–Crippen MR) is 127 cm³/mol. The molecule has 3 fully saturated rings. The third kappa shape index (κ3) is 6.67. The third-order valence-corrected chi connectivity index (χ3v) is 6.84. The van der Waals surface area contributed by atoms with E-state index in [1.165, 1.54) is 5.56 Å². The number of nitrogens with zero attached hydrogens (tertiary/aromatic N) is 3. The van der Waals surface area contributed by atoms with Gasteiger partial charge in [-0.05, 0) is 25.3 Å². The van der Waals surface area contributed by atoms with Crippen LogP contribution >= 0.6 is 0 Å². The second-order valence-electron chi connectivity index (χ2n) is 9.14. The molecule has 3 aliphatic rings. The van der Waals surface area contributed by atoms with Crippen LogP contribution in [0.2, 0.25) is 0 Å². The summed E-state index contributed by atoms with van der Waals surface area (Å²) in [5.41, 5.74) is 1.24. The number of morpholine rings is 1. The monoisotopic (exact) mass is 444 g/mol. The molecule has 0 radical (unpaired) electrons. The highest BCUT2D eigenvalue weighted by atomic mass is 16.5. The Morgan fingerprint density at radius 1 is 1.12 bits per heavy atom. The van der Waals surface area contributed by atoms with E-state index >= 15 is 0 Å². The Balaban J connectivity index is 1.31. The zero-order valence-corrected chi connectivity index (χ0v) is 19.6. The first kappa shape index (κ1) is 23.5. The van der Waals surface area contributed by atoms with Crippen LogP contribution in [0.3, 0.4) is 0 Å². The van der Waals surface area contributed by atoms with Crippen LogP contribution in [0.25, 0.3) is 0 Å². The Morgan fingerprint density at radius 3 is 2.72 bits per heavy atom. The fourth-order valence-corrected chi connectivity index (χ4v) is 5.01. The minimum absolute atomic E-state index is 0.433. The van der Waals surface area contributed by atoms with Gasteiger partial charge < -0.3 is 24.4 Å². The van der Waals surface area contributed by atoms with E-state index in [4.69, 9.17) is 19.2 Å². The lowest BCUT2D eigenvalue weighted by Crippen LogP contribution is -2.49. The number of benzene rings is 1. The van der Waals surface area contributed by atoms with Crippen molar-refractivity contribution in [1.29, 1.82) is 0 Å². The van der Waals surface area contributed by atoms with Gasteiger partial charge in [-0.2, -0.15) is 0 Å². The van der Waals surface area contributed by atoms with Crippen molar-refractivity contribution in [1.82, 2.24) is 15.1 Å². The predicted octanol–water partition coefficient (Wildman–Crippen LogP) is 2.23. The molecular weight excluding hydrogens is 404 g/mol. The Bertz CT molecular complexity index is 690. The Hall–Kier alpha value is -1.67. The van der Waals surface area contributed by atoms with Crippen molar-refractivity contribution >= 4 is 5.96 Å². The number of hydrogen-bond acceptors (Lipinski definition) is 5. The summed E-state index contributed by atoms with van der Waals surface area (Å²) in [5, 5.41) is 3.54. The maximum atomic E-state index is 6.02. The van der Waals surface area contributed by atoms with E-state index in [0.717, 1.165) is 91.1 Å².